The summed E-state index contributed by atoms with van der Waals surface area (Å²) in [7, 11) is -3.51. The van der Waals surface area contributed by atoms with Crippen LogP contribution >= 0.6 is 11.6 Å². The Morgan fingerprint density at radius 2 is 1.81 bits per heavy atom. The second-order valence-electron chi connectivity index (χ2n) is 6.42. The standard InChI is InChI=1S/C19H16ClN3O7S/c20-13-2-5-15(6-3-13)31(28,29)9-1-8-30-14-4-7-17(23(26)27)12(10-14)11-16-18(24)22-19(25)21-16/h2-7,10-11H,1,8-9H2,(H2,21,22,24,25). The Morgan fingerprint density at radius 3 is 2.42 bits per heavy atom. The first-order valence-electron chi connectivity index (χ1n) is 8.89. The van der Waals surface area contributed by atoms with E-state index < -0.39 is 26.7 Å². The third kappa shape index (κ3) is 5.58. The van der Waals surface area contributed by atoms with Crippen molar-refractivity contribution >= 4 is 45.1 Å². The summed E-state index contributed by atoms with van der Waals surface area (Å²) < 4.78 is 30.2. The topological polar surface area (TPSA) is 145 Å². The Labute approximate surface area is 181 Å². The van der Waals surface area contributed by atoms with Crippen molar-refractivity contribution in [2.45, 2.75) is 11.3 Å². The number of carbonyl (C=O) groups excluding carboxylic acids is 2. The number of nitrogens with one attached hydrogen (secondary N) is 2. The van der Waals surface area contributed by atoms with E-state index in [1.807, 2.05) is 5.32 Å². The van der Waals surface area contributed by atoms with E-state index in [1.165, 1.54) is 42.5 Å². The maximum Gasteiger partial charge on any atom is 0.326 e. The molecule has 2 N–H and O–H groups in total. The number of nitrogens with zero attached hydrogens (tertiary/aromatic N) is 1. The number of nitro groups is 1. The molecule has 0 atom stereocenters. The average molecular weight is 466 g/mol. The lowest BCUT2D eigenvalue weighted by Gasteiger charge is -2.08. The van der Waals surface area contributed by atoms with Crippen LogP contribution in [0, 0.1) is 10.1 Å². The number of amides is 3. The predicted molar refractivity (Wildman–Crippen MR) is 111 cm³/mol. The summed E-state index contributed by atoms with van der Waals surface area (Å²) in [5.41, 5.74) is -0.387. The number of rotatable bonds is 8. The predicted octanol–water partition coefficient (Wildman–Crippen LogP) is 2.67. The third-order valence-corrected chi connectivity index (χ3v) is 6.28. The zero-order chi connectivity index (χ0) is 22.6. The SMILES string of the molecule is O=C1NC(=O)C(=Cc2cc(OCCCS(=O)(=O)c3ccc(Cl)cc3)ccc2[N+](=O)[O-])N1. The van der Waals surface area contributed by atoms with Gasteiger partial charge in [0.05, 0.1) is 27.7 Å². The van der Waals surface area contributed by atoms with Crippen molar-refractivity contribution in [2.24, 2.45) is 0 Å². The van der Waals surface area contributed by atoms with Gasteiger partial charge in [-0.25, -0.2) is 13.2 Å². The Morgan fingerprint density at radius 1 is 1.10 bits per heavy atom. The van der Waals surface area contributed by atoms with E-state index >= 15 is 0 Å². The highest BCUT2D eigenvalue weighted by Crippen LogP contribution is 2.27. The highest BCUT2D eigenvalue weighted by molar-refractivity contribution is 7.91. The minimum absolute atomic E-state index is 0.0395. The maximum absolute atomic E-state index is 12.3. The Balaban J connectivity index is 1.67. The molecule has 0 bridgehead atoms. The summed E-state index contributed by atoms with van der Waals surface area (Å²) in [6, 6.07) is 8.99. The number of benzene rings is 2. The molecule has 2 aromatic carbocycles. The van der Waals surface area contributed by atoms with Crippen LogP contribution in [0.25, 0.3) is 6.08 Å². The van der Waals surface area contributed by atoms with Crippen LogP contribution in [0.1, 0.15) is 12.0 Å². The van der Waals surface area contributed by atoms with E-state index in [0.29, 0.717) is 5.02 Å². The second-order valence-corrected chi connectivity index (χ2v) is 8.96. The molecule has 0 aromatic heterocycles. The normalized spacial score (nSPS) is 14.9. The number of imide groups is 1. The molecule has 31 heavy (non-hydrogen) atoms. The second kappa shape index (κ2) is 9.14. The van der Waals surface area contributed by atoms with E-state index in [2.05, 4.69) is 5.32 Å². The van der Waals surface area contributed by atoms with Crippen molar-refractivity contribution in [3.05, 3.63) is 68.9 Å². The van der Waals surface area contributed by atoms with Crippen molar-refractivity contribution in [1.82, 2.24) is 10.6 Å². The van der Waals surface area contributed by atoms with Gasteiger partial charge in [0.25, 0.3) is 11.6 Å². The zero-order valence-electron chi connectivity index (χ0n) is 15.8. The summed E-state index contributed by atoms with van der Waals surface area (Å²) in [4.78, 5) is 33.7. The highest BCUT2D eigenvalue weighted by atomic mass is 35.5. The molecule has 3 rings (SSSR count). The fourth-order valence-electron chi connectivity index (χ4n) is 2.74. The molecule has 1 saturated heterocycles. The van der Waals surface area contributed by atoms with Gasteiger partial charge in [0.1, 0.15) is 11.4 Å². The fourth-order valence-corrected chi connectivity index (χ4v) is 4.15. The van der Waals surface area contributed by atoms with Gasteiger partial charge in [-0.2, -0.15) is 0 Å². The Kier molecular flexibility index (Phi) is 6.56. The van der Waals surface area contributed by atoms with Gasteiger partial charge in [-0.1, -0.05) is 11.6 Å². The van der Waals surface area contributed by atoms with Crippen LogP contribution < -0.4 is 15.4 Å². The van der Waals surface area contributed by atoms with Crippen LogP contribution in [0.15, 0.2) is 53.1 Å². The smallest absolute Gasteiger partial charge is 0.326 e. The van der Waals surface area contributed by atoms with Crippen molar-refractivity contribution in [2.75, 3.05) is 12.4 Å². The molecular formula is C19H16ClN3O7S. The molecule has 0 spiro atoms. The number of ether oxygens (including phenoxy) is 1. The summed E-state index contributed by atoms with van der Waals surface area (Å²) in [5.74, 6) is -0.630. The van der Waals surface area contributed by atoms with E-state index in [4.69, 9.17) is 16.3 Å². The van der Waals surface area contributed by atoms with E-state index in [9.17, 15) is 28.1 Å². The molecule has 0 aliphatic carbocycles. The Bertz CT molecular complexity index is 1180. The summed E-state index contributed by atoms with van der Waals surface area (Å²) in [6.45, 7) is 0.0395. The number of carbonyl (C=O) groups is 2. The summed E-state index contributed by atoms with van der Waals surface area (Å²) >= 11 is 5.76. The van der Waals surface area contributed by atoms with Crippen molar-refractivity contribution in [3.8, 4) is 5.75 Å². The van der Waals surface area contributed by atoms with Crippen molar-refractivity contribution in [1.29, 1.82) is 0 Å². The summed E-state index contributed by atoms with van der Waals surface area (Å²) in [5, 5.41) is 15.9. The largest absolute Gasteiger partial charge is 0.494 e. The first kappa shape index (κ1) is 22.2. The van der Waals surface area contributed by atoms with Gasteiger partial charge in [0.15, 0.2) is 9.84 Å². The highest BCUT2D eigenvalue weighted by Gasteiger charge is 2.24. The van der Waals surface area contributed by atoms with E-state index in [0.717, 1.165) is 6.08 Å². The van der Waals surface area contributed by atoms with Crippen molar-refractivity contribution < 1.29 is 27.7 Å². The molecule has 0 radical (unpaired) electrons. The van der Waals surface area contributed by atoms with Gasteiger partial charge >= 0.3 is 6.03 Å². The lowest BCUT2D eigenvalue weighted by molar-refractivity contribution is -0.385. The molecule has 162 valence electrons. The lowest BCUT2D eigenvalue weighted by atomic mass is 10.1. The lowest BCUT2D eigenvalue weighted by Crippen LogP contribution is -2.22. The number of urea groups is 1. The fraction of sp³-hybridized carbons (Fsp3) is 0.158. The maximum atomic E-state index is 12.3. The Hall–Kier alpha value is -3.44. The minimum Gasteiger partial charge on any atom is -0.494 e. The van der Waals surface area contributed by atoms with E-state index in [-0.39, 0.29) is 46.4 Å². The van der Waals surface area contributed by atoms with Gasteiger partial charge in [-0.05, 0) is 48.9 Å². The number of halogens is 1. The molecule has 2 aromatic rings. The minimum atomic E-state index is -3.51. The van der Waals surface area contributed by atoms with E-state index in [1.54, 1.807) is 0 Å². The summed E-state index contributed by atoms with van der Waals surface area (Å²) in [6.07, 6.45) is 1.34. The number of nitro benzene ring substituents is 1. The van der Waals surface area contributed by atoms with Crippen LogP contribution in [0.4, 0.5) is 10.5 Å². The molecule has 1 heterocycles. The van der Waals surface area contributed by atoms with Crippen LogP contribution in [-0.4, -0.2) is 37.6 Å². The monoisotopic (exact) mass is 465 g/mol. The number of sulfone groups is 1. The number of hydrogen-bond acceptors (Lipinski definition) is 7. The molecule has 0 unspecified atom stereocenters. The average Bonchev–Trinajstić information content (AvgIpc) is 3.02. The van der Waals surface area contributed by atoms with Gasteiger partial charge < -0.3 is 10.1 Å². The quantitative estimate of drug-likeness (QED) is 0.200. The van der Waals surface area contributed by atoms with Crippen LogP contribution in [0.2, 0.25) is 5.02 Å². The van der Waals surface area contributed by atoms with Gasteiger partial charge in [-0.15, -0.1) is 0 Å². The van der Waals surface area contributed by atoms with Gasteiger partial charge in [0.2, 0.25) is 0 Å². The van der Waals surface area contributed by atoms with Crippen molar-refractivity contribution in [3.63, 3.8) is 0 Å². The molecule has 3 amide bonds. The molecule has 1 aliphatic rings. The van der Waals surface area contributed by atoms with Gasteiger partial charge in [-0.3, -0.25) is 20.2 Å². The van der Waals surface area contributed by atoms with Crippen LogP contribution in [-0.2, 0) is 14.6 Å². The van der Waals surface area contributed by atoms with Crippen LogP contribution in [0.3, 0.4) is 0 Å². The molecule has 1 fully saturated rings. The zero-order valence-corrected chi connectivity index (χ0v) is 17.4. The molecular weight excluding hydrogens is 450 g/mol. The molecule has 10 nitrogen and oxygen atoms in total. The molecule has 1 aliphatic heterocycles. The number of hydrogen-bond donors (Lipinski definition) is 2. The first-order valence-corrected chi connectivity index (χ1v) is 10.9. The third-order valence-electron chi connectivity index (χ3n) is 4.21. The first-order chi connectivity index (χ1) is 14.7. The molecule has 0 saturated carbocycles. The van der Waals surface area contributed by atoms with Gasteiger partial charge in [0, 0.05) is 11.1 Å². The molecule has 12 heteroatoms. The van der Waals surface area contributed by atoms with Crippen LogP contribution in [0.5, 0.6) is 5.75 Å².